The van der Waals surface area contributed by atoms with E-state index in [-0.39, 0.29) is 12.6 Å². The van der Waals surface area contributed by atoms with Crippen LogP contribution in [0.3, 0.4) is 0 Å². The molecule has 0 amide bonds. The zero-order chi connectivity index (χ0) is 15.5. The predicted octanol–water partition coefficient (Wildman–Crippen LogP) is 1.68. The lowest BCUT2D eigenvalue weighted by Crippen LogP contribution is -2.54. The van der Waals surface area contributed by atoms with Crippen LogP contribution < -0.4 is 19.5 Å². The Morgan fingerprint density at radius 1 is 1.24 bits per heavy atom. The molecule has 0 aromatic heterocycles. The first-order valence-corrected chi connectivity index (χ1v) is 6.84. The Morgan fingerprint density at radius 2 is 1.76 bits per heavy atom. The minimum absolute atomic E-state index is 0.0230. The molecule has 2 N–H and O–H groups in total. The van der Waals surface area contributed by atoms with Crippen molar-refractivity contribution in [2.75, 3.05) is 20.8 Å². The molecule has 1 saturated carbocycles. The summed E-state index contributed by atoms with van der Waals surface area (Å²) in [6, 6.07) is 5.39. The van der Waals surface area contributed by atoms with E-state index in [9.17, 15) is 9.90 Å². The second-order valence-corrected chi connectivity index (χ2v) is 5.39. The molecule has 21 heavy (non-hydrogen) atoms. The molecule has 0 saturated heterocycles. The highest BCUT2D eigenvalue weighted by Gasteiger charge is 2.39. The Hall–Kier alpha value is -1.95. The molecule has 1 atom stereocenters. The van der Waals surface area contributed by atoms with Crippen LogP contribution in [0.5, 0.6) is 17.2 Å². The number of carboxylic acid groups (broad SMARTS) is 1. The molecule has 0 heterocycles. The van der Waals surface area contributed by atoms with Gasteiger partial charge in [-0.25, -0.2) is 0 Å². The van der Waals surface area contributed by atoms with Gasteiger partial charge >= 0.3 is 5.97 Å². The van der Waals surface area contributed by atoms with Crippen LogP contribution >= 0.6 is 0 Å². The van der Waals surface area contributed by atoms with Crippen molar-refractivity contribution in [2.45, 2.75) is 31.3 Å². The van der Waals surface area contributed by atoms with Gasteiger partial charge in [0.2, 0.25) is 0 Å². The van der Waals surface area contributed by atoms with E-state index in [0.717, 1.165) is 12.8 Å². The topological polar surface area (TPSA) is 77.0 Å². The zero-order valence-corrected chi connectivity index (χ0v) is 12.5. The second-order valence-electron chi connectivity index (χ2n) is 5.39. The minimum atomic E-state index is -1.11. The van der Waals surface area contributed by atoms with Crippen molar-refractivity contribution >= 4 is 5.97 Å². The third-order valence-corrected chi connectivity index (χ3v) is 3.42. The molecule has 0 spiro atoms. The minimum Gasteiger partial charge on any atom is -0.496 e. The van der Waals surface area contributed by atoms with E-state index >= 15 is 0 Å². The maximum Gasteiger partial charge on any atom is 0.327 e. The van der Waals surface area contributed by atoms with Crippen molar-refractivity contribution in [3.8, 4) is 17.2 Å². The summed E-state index contributed by atoms with van der Waals surface area (Å²) in [4.78, 5) is 11.5. The quantitative estimate of drug-likeness (QED) is 0.760. The van der Waals surface area contributed by atoms with E-state index in [1.165, 1.54) is 0 Å². The largest absolute Gasteiger partial charge is 0.496 e. The van der Waals surface area contributed by atoms with Crippen LogP contribution in [0, 0.1) is 0 Å². The molecule has 6 heteroatoms. The van der Waals surface area contributed by atoms with Gasteiger partial charge in [0.25, 0.3) is 0 Å². The van der Waals surface area contributed by atoms with Crippen molar-refractivity contribution in [2.24, 2.45) is 0 Å². The fraction of sp³-hybridized carbons (Fsp3) is 0.533. The SMILES string of the molecule is COc1cc(OC)cc(OCC(C)(NC2CC2)C(=O)O)c1. The highest BCUT2D eigenvalue weighted by atomic mass is 16.5. The molecule has 1 unspecified atom stereocenters. The maximum atomic E-state index is 11.5. The van der Waals surface area contributed by atoms with Gasteiger partial charge in [-0.05, 0) is 19.8 Å². The summed E-state index contributed by atoms with van der Waals surface area (Å²) >= 11 is 0. The summed E-state index contributed by atoms with van der Waals surface area (Å²) < 4.78 is 16.0. The number of hydrogen-bond acceptors (Lipinski definition) is 5. The Balaban J connectivity index is 2.07. The molecular formula is C15H21NO5. The number of methoxy groups -OCH3 is 2. The molecule has 0 bridgehead atoms. The first-order valence-electron chi connectivity index (χ1n) is 6.84. The molecule has 1 aromatic carbocycles. The lowest BCUT2D eigenvalue weighted by atomic mass is 10.0. The van der Waals surface area contributed by atoms with E-state index in [0.29, 0.717) is 17.2 Å². The number of carboxylic acids is 1. The van der Waals surface area contributed by atoms with Crippen molar-refractivity contribution < 1.29 is 24.1 Å². The zero-order valence-electron chi connectivity index (χ0n) is 12.5. The molecule has 1 aromatic rings. The number of ether oxygens (including phenoxy) is 3. The van der Waals surface area contributed by atoms with Crippen LogP contribution in [0.4, 0.5) is 0 Å². The van der Waals surface area contributed by atoms with Crippen LogP contribution in [-0.2, 0) is 4.79 Å². The summed E-state index contributed by atoms with van der Waals surface area (Å²) in [6.07, 6.45) is 2.02. The van der Waals surface area contributed by atoms with Gasteiger partial charge in [0.1, 0.15) is 29.4 Å². The highest BCUT2D eigenvalue weighted by Crippen LogP contribution is 2.28. The molecular weight excluding hydrogens is 274 g/mol. The molecule has 1 aliphatic rings. The summed E-state index contributed by atoms with van der Waals surface area (Å²) in [5.74, 6) is 0.772. The van der Waals surface area contributed by atoms with Gasteiger partial charge < -0.3 is 19.3 Å². The van der Waals surface area contributed by atoms with Crippen LogP contribution in [-0.4, -0.2) is 43.5 Å². The van der Waals surface area contributed by atoms with Crippen molar-refractivity contribution in [1.82, 2.24) is 5.32 Å². The molecule has 2 rings (SSSR count). The van der Waals surface area contributed by atoms with Gasteiger partial charge in [-0.1, -0.05) is 0 Å². The van der Waals surface area contributed by atoms with Crippen molar-refractivity contribution in [3.63, 3.8) is 0 Å². The van der Waals surface area contributed by atoms with Gasteiger partial charge in [0, 0.05) is 24.2 Å². The Kier molecular flexibility index (Phi) is 4.57. The predicted molar refractivity (Wildman–Crippen MR) is 77.2 cm³/mol. The number of rotatable bonds is 8. The number of aliphatic carboxylic acids is 1. The number of carbonyl (C=O) groups is 1. The Bertz CT molecular complexity index is 493. The second kappa shape index (κ2) is 6.22. The summed E-state index contributed by atoms with van der Waals surface area (Å²) in [5, 5.41) is 12.5. The van der Waals surface area contributed by atoms with E-state index < -0.39 is 11.5 Å². The maximum absolute atomic E-state index is 11.5. The standard InChI is InChI=1S/C15H21NO5/c1-15(14(17)18,16-10-4-5-10)9-21-13-7-11(19-2)6-12(8-13)20-3/h6-8,10,16H,4-5,9H2,1-3H3,(H,17,18). The smallest absolute Gasteiger partial charge is 0.327 e. The average Bonchev–Trinajstić information content (AvgIpc) is 3.28. The molecule has 116 valence electrons. The summed E-state index contributed by atoms with van der Waals surface area (Å²) in [7, 11) is 3.10. The van der Waals surface area contributed by atoms with Gasteiger partial charge in [-0.2, -0.15) is 0 Å². The number of nitrogens with one attached hydrogen (secondary N) is 1. The number of benzene rings is 1. The first-order chi connectivity index (χ1) is 9.96. The van der Waals surface area contributed by atoms with Crippen LogP contribution in [0.15, 0.2) is 18.2 Å². The van der Waals surface area contributed by atoms with Gasteiger partial charge in [-0.3, -0.25) is 10.1 Å². The van der Waals surface area contributed by atoms with Gasteiger partial charge in [-0.15, -0.1) is 0 Å². The fourth-order valence-electron chi connectivity index (χ4n) is 1.94. The lowest BCUT2D eigenvalue weighted by molar-refractivity contribution is -0.145. The van der Waals surface area contributed by atoms with Crippen molar-refractivity contribution in [3.05, 3.63) is 18.2 Å². The van der Waals surface area contributed by atoms with Crippen LogP contribution in [0.2, 0.25) is 0 Å². The monoisotopic (exact) mass is 295 g/mol. The lowest BCUT2D eigenvalue weighted by Gasteiger charge is -2.26. The van der Waals surface area contributed by atoms with E-state index in [2.05, 4.69) is 5.32 Å². The Morgan fingerprint density at radius 3 is 2.19 bits per heavy atom. The normalized spacial score (nSPS) is 16.9. The molecule has 0 aliphatic heterocycles. The Labute approximate surface area is 124 Å². The van der Waals surface area contributed by atoms with E-state index in [4.69, 9.17) is 14.2 Å². The van der Waals surface area contributed by atoms with E-state index in [1.54, 1.807) is 39.3 Å². The third-order valence-electron chi connectivity index (χ3n) is 3.42. The third kappa shape index (κ3) is 4.01. The van der Waals surface area contributed by atoms with Crippen LogP contribution in [0.1, 0.15) is 19.8 Å². The molecule has 1 fully saturated rings. The highest BCUT2D eigenvalue weighted by molar-refractivity contribution is 5.78. The molecule has 1 aliphatic carbocycles. The average molecular weight is 295 g/mol. The summed E-state index contributed by atoms with van der Waals surface area (Å²) in [5.41, 5.74) is -1.11. The molecule has 6 nitrogen and oxygen atoms in total. The molecule has 0 radical (unpaired) electrons. The number of hydrogen-bond donors (Lipinski definition) is 2. The summed E-state index contributed by atoms with van der Waals surface area (Å²) in [6.45, 7) is 1.65. The van der Waals surface area contributed by atoms with Crippen molar-refractivity contribution in [1.29, 1.82) is 0 Å². The van der Waals surface area contributed by atoms with E-state index in [1.807, 2.05) is 0 Å². The van der Waals surface area contributed by atoms with Gasteiger partial charge in [0.05, 0.1) is 14.2 Å². The van der Waals surface area contributed by atoms with Gasteiger partial charge in [0.15, 0.2) is 0 Å². The van der Waals surface area contributed by atoms with Crippen LogP contribution in [0.25, 0.3) is 0 Å². The fourth-order valence-corrected chi connectivity index (χ4v) is 1.94. The first kappa shape index (κ1) is 15.4.